The van der Waals surface area contributed by atoms with Gasteiger partial charge in [0.1, 0.15) is 0 Å². The number of rotatable bonds is 2. The molecule has 0 unspecified atom stereocenters. The van der Waals surface area contributed by atoms with Gasteiger partial charge in [-0.3, -0.25) is 4.79 Å². The van der Waals surface area contributed by atoms with Crippen LogP contribution in [0.25, 0.3) is 0 Å². The highest BCUT2D eigenvalue weighted by atomic mass is 35.5. The van der Waals surface area contributed by atoms with Gasteiger partial charge in [0.15, 0.2) is 0 Å². The van der Waals surface area contributed by atoms with E-state index in [9.17, 15) is 4.79 Å². The molecule has 2 nitrogen and oxygen atoms in total. The van der Waals surface area contributed by atoms with Gasteiger partial charge in [-0.2, -0.15) is 0 Å². The SMILES string of the molecule is CC1(C)CCN(C(=O)CCCl)CC1. The van der Waals surface area contributed by atoms with E-state index >= 15 is 0 Å². The third kappa shape index (κ3) is 3.18. The zero-order valence-electron chi connectivity index (χ0n) is 8.48. The van der Waals surface area contributed by atoms with Gasteiger partial charge >= 0.3 is 0 Å². The smallest absolute Gasteiger partial charge is 0.223 e. The largest absolute Gasteiger partial charge is 0.343 e. The Hall–Kier alpha value is -0.240. The molecule has 76 valence electrons. The van der Waals surface area contributed by atoms with Crippen molar-refractivity contribution in [3.05, 3.63) is 0 Å². The van der Waals surface area contributed by atoms with E-state index in [0.717, 1.165) is 25.9 Å². The molecule has 1 aliphatic rings. The molecule has 0 saturated carbocycles. The van der Waals surface area contributed by atoms with Gasteiger partial charge < -0.3 is 4.90 Å². The number of likely N-dealkylation sites (tertiary alicyclic amines) is 1. The zero-order valence-corrected chi connectivity index (χ0v) is 9.23. The van der Waals surface area contributed by atoms with E-state index in [1.165, 1.54) is 0 Å². The molecule has 1 saturated heterocycles. The van der Waals surface area contributed by atoms with Crippen LogP contribution in [0.4, 0.5) is 0 Å². The molecular formula is C10H18ClNO. The van der Waals surface area contributed by atoms with Crippen molar-refractivity contribution in [3.63, 3.8) is 0 Å². The van der Waals surface area contributed by atoms with Crippen LogP contribution in [-0.4, -0.2) is 29.8 Å². The van der Waals surface area contributed by atoms with Crippen molar-refractivity contribution in [1.29, 1.82) is 0 Å². The van der Waals surface area contributed by atoms with E-state index < -0.39 is 0 Å². The maximum absolute atomic E-state index is 11.5. The minimum Gasteiger partial charge on any atom is -0.343 e. The van der Waals surface area contributed by atoms with Gasteiger partial charge in [-0.25, -0.2) is 0 Å². The van der Waals surface area contributed by atoms with Crippen LogP contribution in [0.15, 0.2) is 0 Å². The summed E-state index contributed by atoms with van der Waals surface area (Å²) >= 11 is 5.52. The van der Waals surface area contributed by atoms with Gasteiger partial charge in [0.05, 0.1) is 0 Å². The fraction of sp³-hybridized carbons (Fsp3) is 0.900. The van der Waals surface area contributed by atoms with E-state index in [-0.39, 0.29) is 5.91 Å². The van der Waals surface area contributed by atoms with E-state index in [4.69, 9.17) is 11.6 Å². The van der Waals surface area contributed by atoms with Gasteiger partial charge in [-0.15, -0.1) is 11.6 Å². The first-order valence-corrected chi connectivity index (χ1v) is 5.42. The van der Waals surface area contributed by atoms with Gasteiger partial charge in [-0.1, -0.05) is 13.8 Å². The van der Waals surface area contributed by atoms with E-state index in [0.29, 0.717) is 17.7 Å². The summed E-state index contributed by atoms with van der Waals surface area (Å²) in [5.41, 5.74) is 0.414. The van der Waals surface area contributed by atoms with Crippen molar-refractivity contribution >= 4 is 17.5 Å². The minimum atomic E-state index is 0.213. The van der Waals surface area contributed by atoms with Crippen molar-refractivity contribution in [3.8, 4) is 0 Å². The van der Waals surface area contributed by atoms with Gasteiger partial charge in [0, 0.05) is 25.4 Å². The molecule has 1 fully saturated rings. The van der Waals surface area contributed by atoms with Crippen LogP contribution in [-0.2, 0) is 4.79 Å². The average Bonchev–Trinajstić information content (AvgIpc) is 2.04. The van der Waals surface area contributed by atoms with Crippen molar-refractivity contribution < 1.29 is 4.79 Å². The van der Waals surface area contributed by atoms with Crippen LogP contribution in [0.2, 0.25) is 0 Å². The first-order chi connectivity index (χ1) is 6.05. The van der Waals surface area contributed by atoms with Crippen LogP contribution in [0.1, 0.15) is 33.1 Å². The Bertz CT molecular complexity index is 181. The lowest BCUT2D eigenvalue weighted by Gasteiger charge is -2.36. The summed E-state index contributed by atoms with van der Waals surface area (Å²) < 4.78 is 0. The lowest BCUT2D eigenvalue weighted by Crippen LogP contribution is -2.41. The van der Waals surface area contributed by atoms with E-state index in [1.54, 1.807) is 0 Å². The number of piperidine rings is 1. The summed E-state index contributed by atoms with van der Waals surface area (Å²) in [4.78, 5) is 13.4. The first-order valence-electron chi connectivity index (χ1n) is 4.89. The molecule has 0 radical (unpaired) electrons. The maximum Gasteiger partial charge on any atom is 0.223 e. The molecule has 0 bridgehead atoms. The van der Waals surface area contributed by atoms with Crippen LogP contribution in [0, 0.1) is 5.41 Å². The molecular weight excluding hydrogens is 186 g/mol. The monoisotopic (exact) mass is 203 g/mol. The Morgan fingerprint density at radius 3 is 2.38 bits per heavy atom. The van der Waals surface area contributed by atoms with Crippen molar-refractivity contribution in [2.75, 3.05) is 19.0 Å². The highest BCUT2D eigenvalue weighted by molar-refractivity contribution is 6.18. The fourth-order valence-electron chi connectivity index (χ4n) is 1.60. The highest BCUT2D eigenvalue weighted by Crippen LogP contribution is 2.29. The molecule has 0 aromatic heterocycles. The van der Waals surface area contributed by atoms with Gasteiger partial charge in [0.2, 0.25) is 5.91 Å². The van der Waals surface area contributed by atoms with Crippen LogP contribution in [0.5, 0.6) is 0 Å². The topological polar surface area (TPSA) is 20.3 Å². The van der Waals surface area contributed by atoms with Crippen LogP contribution < -0.4 is 0 Å². The molecule has 0 N–H and O–H groups in total. The van der Waals surface area contributed by atoms with Crippen molar-refractivity contribution in [2.45, 2.75) is 33.1 Å². The normalized spacial score (nSPS) is 21.6. The minimum absolute atomic E-state index is 0.213. The van der Waals surface area contributed by atoms with E-state index in [1.807, 2.05) is 4.90 Å². The summed E-state index contributed by atoms with van der Waals surface area (Å²) in [6.45, 7) is 6.33. The number of hydrogen-bond acceptors (Lipinski definition) is 1. The molecule has 1 amide bonds. The second-order valence-electron chi connectivity index (χ2n) is 4.48. The quantitative estimate of drug-likeness (QED) is 0.631. The zero-order chi connectivity index (χ0) is 9.90. The highest BCUT2D eigenvalue weighted by Gasteiger charge is 2.27. The average molecular weight is 204 g/mol. The predicted octanol–water partition coefficient (Wildman–Crippen LogP) is 2.26. The first kappa shape index (κ1) is 10.8. The summed E-state index contributed by atoms with van der Waals surface area (Å²) in [5.74, 6) is 0.657. The second-order valence-corrected chi connectivity index (χ2v) is 4.86. The number of carbonyl (C=O) groups is 1. The Morgan fingerprint density at radius 1 is 1.38 bits per heavy atom. The standard InChI is InChI=1S/C10H18ClNO/c1-10(2)4-7-12(8-5-10)9(13)3-6-11/h3-8H2,1-2H3. The molecule has 0 aliphatic carbocycles. The number of halogens is 1. The summed E-state index contributed by atoms with van der Waals surface area (Å²) in [5, 5.41) is 0. The maximum atomic E-state index is 11.5. The summed E-state index contributed by atoms with van der Waals surface area (Å²) in [6, 6.07) is 0. The lowest BCUT2D eigenvalue weighted by molar-refractivity contribution is -0.132. The third-order valence-electron chi connectivity index (χ3n) is 2.78. The number of carbonyl (C=O) groups excluding carboxylic acids is 1. The second kappa shape index (κ2) is 4.32. The Kier molecular flexibility index (Phi) is 3.60. The van der Waals surface area contributed by atoms with Crippen molar-refractivity contribution in [2.24, 2.45) is 5.41 Å². The molecule has 13 heavy (non-hydrogen) atoms. The third-order valence-corrected chi connectivity index (χ3v) is 2.97. The number of alkyl halides is 1. The summed E-state index contributed by atoms with van der Waals surface area (Å²) in [7, 11) is 0. The fourth-order valence-corrected chi connectivity index (χ4v) is 1.76. The molecule has 1 rings (SSSR count). The molecule has 1 aliphatic heterocycles. The van der Waals surface area contributed by atoms with E-state index in [2.05, 4.69) is 13.8 Å². The molecule has 1 heterocycles. The van der Waals surface area contributed by atoms with Gasteiger partial charge in [-0.05, 0) is 18.3 Å². The Labute approximate surface area is 85.2 Å². The molecule has 0 spiro atoms. The van der Waals surface area contributed by atoms with Crippen LogP contribution >= 0.6 is 11.6 Å². The number of hydrogen-bond donors (Lipinski definition) is 0. The molecule has 0 aromatic carbocycles. The summed E-state index contributed by atoms with van der Waals surface area (Å²) in [6.07, 6.45) is 2.71. The molecule has 0 atom stereocenters. The Balaban J connectivity index is 2.36. The Morgan fingerprint density at radius 2 is 1.92 bits per heavy atom. The molecule has 3 heteroatoms. The van der Waals surface area contributed by atoms with Crippen LogP contribution in [0.3, 0.4) is 0 Å². The molecule has 0 aromatic rings. The predicted molar refractivity (Wildman–Crippen MR) is 54.9 cm³/mol. The van der Waals surface area contributed by atoms with Gasteiger partial charge in [0.25, 0.3) is 0 Å². The number of nitrogens with zero attached hydrogens (tertiary/aromatic N) is 1. The van der Waals surface area contributed by atoms with Crippen molar-refractivity contribution in [1.82, 2.24) is 4.90 Å². The number of amides is 1. The lowest BCUT2D eigenvalue weighted by atomic mass is 9.82.